The van der Waals surface area contributed by atoms with Crippen molar-refractivity contribution in [2.75, 3.05) is 0 Å². The summed E-state index contributed by atoms with van der Waals surface area (Å²) in [6.45, 7) is 1.82. The topological polar surface area (TPSA) is 66.0 Å². The molecular weight excluding hydrogens is 194 g/mol. The van der Waals surface area contributed by atoms with Crippen molar-refractivity contribution in [2.45, 2.75) is 26.2 Å². The molecule has 0 saturated heterocycles. The van der Waals surface area contributed by atoms with Crippen molar-refractivity contribution < 1.29 is 18.7 Å². The predicted octanol–water partition coefficient (Wildman–Crippen LogP) is 2.00. The zero-order chi connectivity index (χ0) is 10.7. The number of aryl methyl sites for hydroxylation is 1. The first kappa shape index (κ1) is 10.6. The summed E-state index contributed by atoms with van der Waals surface area (Å²) in [5.74, 6) is -1.36. The van der Waals surface area contributed by atoms with Crippen LogP contribution in [0.2, 0.25) is 0 Å². The fourth-order valence-electron chi connectivity index (χ4n) is 1.21. The summed E-state index contributed by atoms with van der Waals surface area (Å²) >= 11 is 0. The molecule has 0 saturated carbocycles. The summed E-state index contributed by atoms with van der Waals surface area (Å²) in [5.41, 5.74) is -0.807. The van der Waals surface area contributed by atoms with Crippen molar-refractivity contribution in [3.63, 3.8) is 0 Å². The minimum Gasteiger partial charge on any atom is -0.478 e. The number of carbonyl (C=O) groups is 1. The van der Waals surface area contributed by atoms with Crippen molar-refractivity contribution in [2.24, 2.45) is 0 Å². The third-order valence-corrected chi connectivity index (χ3v) is 1.79. The van der Waals surface area contributed by atoms with Crippen molar-refractivity contribution in [1.82, 2.24) is 10.2 Å². The van der Waals surface area contributed by atoms with Crippen LogP contribution in [0, 0.1) is 0 Å². The number of H-pyrrole nitrogens is 1. The smallest absolute Gasteiger partial charge is 0.339 e. The molecule has 0 fully saturated rings. The van der Waals surface area contributed by atoms with E-state index in [-0.39, 0.29) is 11.3 Å². The fraction of sp³-hybridized carbons (Fsp3) is 0.500. The standard InChI is InChI=1S/C8H10F2N2O2/c1-2-3-4-5(8(13)14)6(7(9)10)12-11-4/h7H,2-3H2,1H3,(H,11,12)(H,13,14). The molecule has 0 radical (unpaired) electrons. The van der Waals surface area contributed by atoms with Crippen LogP contribution in [-0.2, 0) is 6.42 Å². The number of nitrogens with zero attached hydrogens (tertiary/aromatic N) is 1. The molecule has 0 aliphatic heterocycles. The summed E-state index contributed by atoms with van der Waals surface area (Å²) in [5, 5.41) is 14.3. The molecule has 1 aromatic rings. The molecule has 0 aliphatic rings. The highest BCUT2D eigenvalue weighted by Gasteiger charge is 2.24. The first-order chi connectivity index (χ1) is 6.57. The minimum atomic E-state index is -2.83. The highest BCUT2D eigenvalue weighted by Crippen LogP contribution is 2.23. The van der Waals surface area contributed by atoms with E-state index in [0.717, 1.165) is 0 Å². The highest BCUT2D eigenvalue weighted by molar-refractivity contribution is 5.90. The molecule has 0 aliphatic carbocycles. The average molecular weight is 204 g/mol. The molecular formula is C8H10F2N2O2. The highest BCUT2D eigenvalue weighted by atomic mass is 19.3. The maximum absolute atomic E-state index is 12.3. The SMILES string of the molecule is CCCc1n[nH]c(C(F)F)c1C(=O)O. The second kappa shape index (κ2) is 4.17. The Kier molecular flexibility index (Phi) is 3.16. The van der Waals surface area contributed by atoms with E-state index >= 15 is 0 Å². The fourth-order valence-corrected chi connectivity index (χ4v) is 1.21. The number of rotatable bonds is 4. The number of halogens is 2. The largest absolute Gasteiger partial charge is 0.478 e. The molecule has 14 heavy (non-hydrogen) atoms. The maximum Gasteiger partial charge on any atom is 0.339 e. The van der Waals surface area contributed by atoms with E-state index in [1.54, 1.807) is 0 Å². The van der Waals surface area contributed by atoms with Crippen LogP contribution in [0.3, 0.4) is 0 Å². The number of aromatic nitrogens is 2. The Morgan fingerprint density at radius 3 is 2.71 bits per heavy atom. The van der Waals surface area contributed by atoms with Gasteiger partial charge in [0.25, 0.3) is 6.43 Å². The first-order valence-electron chi connectivity index (χ1n) is 4.16. The Morgan fingerprint density at radius 1 is 1.64 bits per heavy atom. The third-order valence-electron chi connectivity index (χ3n) is 1.79. The number of carboxylic acids is 1. The van der Waals surface area contributed by atoms with E-state index in [1.807, 2.05) is 6.92 Å². The zero-order valence-electron chi connectivity index (χ0n) is 7.55. The molecule has 1 rings (SSSR count). The van der Waals surface area contributed by atoms with Crippen LogP contribution in [0.4, 0.5) is 8.78 Å². The summed E-state index contributed by atoms with van der Waals surface area (Å²) in [6.07, 6.45) is -1.79. The molecule has 1 aromatic heterocycles. The van der Waals surface area contributed by atoms with Crippen molar-refractivity contribution >= 4 is 5.97 Å². The van der Waals surface area contributed by atoms with Gasteiger partial charge < -0.3 is 5.11 Å². The first-order valence-corrected chi connectivity index (χ1v) is 4.16. The van der Waals surface area contributed by atoms with Gasteiger partial charge in [0.15, 0.2) is 0 Å². The second-order valence-electron chi connectivity index (χ2n) is 2.81. The Bertz CT molecular complexity index is 336. The van der Waals surface area contributed by atoms with Gasteiger partial charge in [0, 0.05) is 0 Å². The number of aromatic amines is 1. The Morgan fingerprint density at radius 2 is 2.29 bits per heavy atom. The zero-order valence-corrected chi connectivity index (χ0v) is 7.55. The number of alkyl halides is 2. The molecule has 4 nitrogen and oxygen atoms in total. The van der Waals surface area contributed by atoms with Gasteiger partial charge >= 0.3 is 5.97 Å². The summed E-state index contributed by atoms with van der Waals surface area (Å²) in [7, 11) is 0. The normalized spacial score (nSPS) is 10.9. The number of hydrogen-bond donors (Lipinski definition) is 2. The molecule has 0 spiro atoms. The van der Waals surface area contributed by atoms with Crippen LogP contribution in [0.15, 0.2) is 0 Å². The molecule has 0 bridgehead atoms. The number of carboxylic acid groups (broad SMARTS) is 1. The lowest BCUT2D eigenvalue weighted by Crippen LogP contribution is -2.04. The van der Waals surface area contributed by atoms with Crippen molar-refractivity contribution in [1.29, 1.82) is 0 Å². The quantitative estimate of drug-likeness (QED) is 0.788. The van der Waals surface area contributed by atoms with Crippen molar-refractivity contribution in [3.8, 4) is 0 Å². The molecule has 0 aromatic carbocycles. The van der Waals surface area contributed by atoms with E-state index in [2.05, 4.69) is 10.2 Å². The van der Waals surface area contributed by atoms with Crippen LogP contribution < -0.4 is 0 Å². The van der Waals surface area contributed by atoms with Gasteiger partial charge in [-0.05, 0) is 6.42 Å². The molecule has 0 atom stereocenters. The Hall–Kier alpha value is -1.46. The van der Waals surface area contributed by atoms with Crippen LogP contribution in [0.1, 0.15) is 41.5 Å². The van der Waals surface area contributed by atoms with Gasteiger partial charge in [0.05, 0.1) is 5.69 Å². The van der Waals surface area contributed by atoms with E-state index in [1.165, 1.54) is 0 Å². The molecule has 6 heteroatoms. The van der Waals surface area contributed by atoms with E-state index < -0.39 is 18.1 Å². The molecule has 78 valence electrons. The third kappa shape index (κ3) is 1.89. The predicted molar refractivity (Wildman–Crippen MR) is 44.5 cm³/mol. The van der Waals surface area contributed by atoms with Gasteiger partial charge in [0.2, 0.25) is 0 Å². The van der Waals surface area contributed by atoms with Crippen LogP contribution in [0.5, 0.6) is 0 Å². The Labute approximate surface area is 78.9 Å². The molecule has 2 N–H and O–H groups in total. The number of hydrogen-bond acceptors (Lipinski definition) is 2. The summed E-state index contributed by atoms with van der Waals surface area (Å²) in [4.78, 5) is 10.7. The lowest BCUT2D eigenvalue weighted by molar-refractivity contribution is 0.0683. The second-order valence-corrected chi connectivity index (χ2v) is 2.81. The molecule has 0 unspecified atom stereocenters. The van der Waals surface area contributed by atoms with Gasteiger partial charge in [-0.15, -0.1) is 0 Å². The summed E-state index contributed by atoms with van der Waals surface area (Å²) < 4.78 is 24.6. The van der Waals surface area contributed by atoms with E-state index in [4.69, 9.17) is 5.11 Å². The van der Waals surface area contributed by atoms with Crippen LogP contribution in [-0.4, -0.2) is 21.3 Å². The van der Waals surface area contributed by atoms with Gasteiger partial charge in [-0.2, -0.15) is 5.10 Å². The van der Waals surface area contributed by atoms with Crippen molar-refractivity contribution in [3.05, 3.63) is 17.0 Å². The maximum atomic E-state index is 12.3. The van der Waals surface area contributed by atoms with Gasteiger partial charge in [-0.1, -0.05) is 13.3 Å². The van der Waals surface area contributed by atoms with E-state index in [0.29, 0.717) is 12.8 Å². The van der Waals surface area contributed by atoms with E-state index in [9.17, 15) is 13.6 Å². The van der Waals surface area contributed by atoms with Gasteiger partial charge in [-0.3, -0.25) is 5.10 Å². The lowest BCUT2D eigenvalue weighted by Gasteiger charge is -1.98. The van der Waals surface area contributed by atoms with Gasteiger partial charge in [-0.25, -0.2) is 13.6 Å². The lowest BCUT2D eigenvalue weighted by atomic mass is 10.1. The number of nitrogens with one attached hydrogen (secondary N) is 1. The van der Waals surface area contributed by atoms with Gasteiger partial charge in [0.1, 0.15) is 11.3 Å². The van der Waals surface area contributed by atoms with Crippen LogP contribution >= 0.6 is 0 Å². The average Bonchev–Trinajstić information content (AvgIpc) is 2.48. The molecule has 1 heterocycles. The molecule has 0 amide bonds. The monoisotopic (exact) mass is 204 g/mol. The number of aromatic carboxylic acids is 1. The Balaban J connectivity index is 3.13. The summed E-state index contributed by atoms with van der Waals surface area (Å²) in [6, 6.07) is 0. The minimum absolute atomic E-state index is 0.190. The van der Waals surface area contributed by atoms with Crippen LogP contribution in [0.25, 0.3) is 0 Å².